The first-order valence-electron chi connectivity index (χ1n) is 5.09. The molecule has 0 aliphatic heterocycles. The monoisotopic (exact) mass is 195 g/mol. The predicted molar refractivity (Wildman–Crippen MR) is 60.0 cm³/mol. The minimum atomic E-state index is -1.28. The fourth-order valence-corrected chi connectivity index (χ4v) is 5.27. The zero-order valence-corrected chi connectivity index (χ0v) is 9.89. The molecule has 0 N–H and O–H groups in total. The SMILES string of the molecule is [CH2]c1coc([Si](CC)(CC)CC)c1. The lowest BCUT2D eigenvalue weighted by Crippen LogP contribution is -2.44. The fraction of sp³-hybridized carbons (Fsp3) is 0.545. The van der Waals surface area contributed by atoms with Crippen LogP contribution in [0.2, 0.25) is 18.1 Å². The predicted octanol–water partition coefficient (Wildman–Crippen LogP) is 3.18. The van der Waals surface area contributed by atoms with Crippen LogP contribution in [-0.2, 0) is 0 Å². The summed E-state index contributed by atoms with van der Waals surface area (Å²) < 4.78 is 5.60. The first kappa shape index (κ1) is 10.6. The molecule has 1 rings (SSSR count). The van der Waals surface area contributed by atoms with Gasteiger partial charge in [-0.05, 0) is 18.6 Å². The Balaban J connectivity index is 3.00. The lowest BCUT2D eigenvalue weighted by atomic mass is 10.4. The Morgan fingerprint density at radius 1 is 1.23 bits per heavy atom. The van der Waals surface area contributed by atoms with Crippen molar-refractivity contribution in [2.75, 3.05) is 0 Å². The first-order chi connectivity index (χ1) is 6.18. The second-order valence-electron chi connectivity index (χ2n) is 3.66. The smallest absolute Gasteiger partial charge is 0.131 e. The maximum Gasteiger partial charge on any atom is 0.131 e. The Kier molecular flexibility index (Phi) is 3.37. The van der Waals surface area contributed by atoms with Gasteiger partial charge in [0, 0.05) is 0 Å². The van der Waals surface area contributed by atoms with Crippen LogP contribution < -0.4 is 5.38 Å². The molecule has 1 nitrogen and oxygen atoms in total. The second kappa shape index (κ2) is 4.14. The zero-order chi connectivity index (χ0) is 9.90. The molecule has 73 valence electrons. The van der Waals surface area contributed by atoms with Crippen LogP contribution in [0.4, 0.5) is 0 Å². The van der Waals surface area contributed by atoms with Gasteiger partial charge in [0.2, 0.25) is 0 Å². The van der Waals surface area contributed by atoms with Crippen LogP contribution in [0.15, 0.2) is 16.7 Å². The summed E-state index contributed by atoms with van der Waals surface area (Å²) in [5.41, 5.74) is 1.02. The van der Waals surface area contributed by atoms with Crippen LogP contribution in [0.5, 0.6) is 0 Å². The van der Waals surface area contributed by atoms with Crippen molar-refractivity contribution in [3.05, 3.63) is 24.8 Å². The van der Waals surface area contributed by atoms with Crippen molar-refractivity contribution in [1.82, 2.24) is 0 Å². The van der Waals surface area contributed by atoms with Crippen molar-refractivity contribution in [3.8, 4) is 0 Å². The highest BCUT2D eigenvalue weighted by Gasteiger charge is 2.32. The molecule has 1 aromatic heterocycles. The van der Waals surface area contributed by atoms with Gasteiger partial charge in [0.05, 0.1) is 11.6 Å². The molecule has 0 aromatic carbocycles. The Morgan fingerprint density at radius 3 is 2.08 bits per heavy atom. The molecule has 0 fully saturated rings. The van der Waals surface area contributed by atoms with Gasteiger partial charge in [-0.25, -0.2) is 0 Å². The molecule has 1 aromatic rings. The average Bonchev–Trinajstić information content (AvgIpc) is 2.57. The van der Waals surface area contributed by atoms with Crippen LogP contribution in [0.1, 0.15) is 26.3 Å². The lowest BCUT2D eigenvalue weighted by Gasteiger charge is -2.24. The Morgan fingerprint density at radius 2 is 1.77 bits per heavy atom. The summed E-state index contributed by atoms with van der Waals surface area (Å²) in [5.74, 6) is 0. The molecule has 0 aliphatic rings. The third-order valence-electron chi connectivity index (χ3n) is 3.21. The molecule has 0 unspecified atom stereocenters. The van der Waals surface area contributed by atoms with E-state index in [1.54, 1.807) is 6.26 Å². The molecular formula is C11H19OSi. The minimum absolute atomic E-state index is 1.02. The summed E-state index contributed by atoms with van der Waals surface area (Å²) in [6, 6.07) is 5.94. The summed E-state index contributed by atoms with van der Waals surface area (Å²) in [4.78, 5) is 0. The highest BCUT2D eigenvalue weighted by molar-refractivity contribution is 6.90. The van der Waals surface area contributed by atoms with Crippen molar-refractivity contribution >= 4 is 13.5 Å². The molecule has 0 atom stereocenters. The summed E-state index contributed by atoms with van der Waals surface area (Å²) >= 11 is 0. The van der Waals surface area contributed by atoms with Crippen LogP contribution >= 0.6 is 0 Å². The Hall–Kier alpha value is -0.503. The molecule has 0 saturated heterocycles. The van der Waals surface area contributed by atoms with E-state index < -0.39 is 8.07 Å². The summed E-state index contributed by atoms with van der Waals surface area (Å²) in [6.45, 7) is 10.7. The summed E-state index contributed by atoms with van der Waals surface area (Å²) in [5, 5.41) is 1.24. The van der Waals surface area contributed by atoms with Gasteiger partial charge in [0.1, 0.15) is 8.07 Å². The molecule has 0 amide bonds. The third kappa shape index (κ3) is 1.88. The number of hydrogen-bond acceptors (Lipinski definition) is 1. The maximum atomic E-state index is 5.60. The van der Waals surface area contributed by atoms with Crippen molar-refractivity contribution in [1.29, 1.82) is 0 Å². The van der Waals surface area contributed by atoms with Crippen LogP contribution in [0, 0.1) is 6.92 Å². The summed E-state index contributed by atoms with van der Waals surface area (Å²) in [7, 11) is -1.28. The summed E-state index contributed by atoms with van der Waals surface area (Å²) in [6.07, 6.45) is 1.78. The van der Waals surface area contributed by atoms with Crippen LogP contribution in [0.3, 0.4) is 0 Å². The molecule has 0 bridgehead atoms. The minimum Gasteiger partial charge on any atom is -0.474 e. The highest BCUT2D eigenvalue weighted by Crippen LogP contribution is 2.20. The second-order valence-corrected chi connectivity index (χ2v) is 8.83. The average molecular weight is 195 g/mol. The van der Waals surface area contributed by atoms with E-state index in [0.717, 1.165) is 5.56 Å². The van der Waals surface area contributed by atoms with Crippen molar-refractivity contribution < 1.29 is 4.42 Å². The first-order valence-corrected chi connectivity index (χ1v) is 7.71. The maximum absolute atomic E-state index is 5.60. The van der Waals surface area contributed by atoms with Crippen molar-refractivity contribution in [3.63, 3.8) is 0 Å². The molecule has 0 saturated carbocycles. The normalized spacial score (nSPS) is 12.0. The van der Waals surface area contributed by atoms with Gasteiger partial charge >= 0.3 is 0 Å². The van der Waals surface area contributed by atoms with Gasteiger partial charge in [-0.1, -0.05) is 38.9 Å². The third-order valence-corrected chi connectivity index (χ3v) is 8.58. The van der Waals surface area contributed by atoms with Gasteiger partial charge in [-0.2, -0.15) is 0 Å². The molecule has 13 heavy (non-hydrogen) atoms. The van der Waals surface area contributed by atoms with Gasteiger partial charge in [0.15, 0.2) is 0 Å². The van der Waals surface area contributed by atoms with Crippen LogP contribution in [-0.4, -0.2) is 8.07 Å². The van der Waals surface area contributed by atoms with Gasteiger partial charge in [-0.15, -0.1) is 0 Å². The molecule has 1 heterocycles. The largest absolute Gasteiger partial charge is 0.474 e. The van der Waals surface area contributed by atoms with Crippen molar-refractivity contribution in [2.45, 2.75) is 38.9 Å². The fourth-order valence-electron chi connectivity index (χ4n) is 1.93. The standard InChI is InChI=1S/C11H19OSi/c1-5-13(6-2,7-3)11-8-10(4)9-12-11/h8-9H,4-7H2,1-3H3. The van der Waals surface area contributed by atoms with Gasteiger partial charge in [0.25, 0.3) is 0 Å². The van der Waals surface area contributed by atoms with Gasteiger partial charge < -0.3 is 4.42 Å². The number of rotatable bonds is 4. The Labute approximate surface area is 82.2 Å². The molecule has 0 aliphatic carbocycles. The molecule has 2 heteroatoms. The quantitative estimate of drug-likeness (QED) is 0.673. The van der Waals surface area contributed by atoms with E-state index in [1.807, 2.05) is 0 Å². The number of furan rings is 1. The van der Waals surface area contributed by atoms with Crippen LogP contribution in [0.25, 0.3) is 0 Å². The topological polar surface area (TPSA) is 13.1 Å². The van der Waals surface area contributed by atoms with Crippen molar-refractivity contribution in [2.24, 2.45) is 0 Å². The van der Waals surface area contributed by atoms with E-state index in [0.29, 0.717) is 0 Å². The van der Waals surface area contributed by atoms with E-state index >= 15 is 0 Å². The molecule has 1 radical (unpaired) electrons. The molecular weight excluding hydrogens is 176 g/mol. The van der Waals surface area contributed by atoms with E-state index in [-0.39, 0.29) is 0 Å². The van der Waals surface area contributed by atoms with E-state index in [1.165, 1.54) is 23.5 Å². The van der Waals surface area contributed by atoms with E-state index in [9.17, 15) is 0 Å². The number of hydrogen-bond donors (Lipinski definition) is 0. The zero-order valence-electron chi connectivity index (χ0n) is 8.89. The Bertz CT molecular complexity index is 253. The lowest BCUT2D eigenvalue weighted by molar-refractivity contribution is 0.594. The van der Waals surface area contributed by atoms with Gasteiger partial charge in [-0.3, -0.25) is 0 Å². The highest BCUT2D eigenvalue weighted by atomic mass is 28.3. The van der Waals surface area contributed by atoms with E-state index in [4.69, 9.17) is 4.42 Å². The van der Waals surface area contributed by atoms with E-state index in [2.05, 4.69) is 33.8 Å². The molecule has 0 spiro atoms.